The van der Waals surface area contributed by atoms with E-state index >= 15 is 0 Å². The van der Waals surface area contributed by atoms with Gasteiger partial charge >= 0.3 is 0 Å². The number of aryl methyl sites for hydroxylation is 2. The molecule has 1 saturated heterocycles. The number of aromatic nitrogens is 2. The van der Waals surface area contributed by atoms with Crippen molar-refractivity contribution in [2.45, 2.75) is 58.2 Å². The molecule has 0 spiro atoms. The fraction of sp³-hybridized carbons (Fsp3) is 0.423. The van der Waals surface area contributed by atoms with E-state index in [1.165, 1.54) is 0 Å². The summed E-state index contributed by atoms with van der Waals surface area (Å²) in [5.41, 5.74) is 5.32. The average molecular weight is 508 g/mol. The Balaban J connectivity index is 1.35. The molecule has 188 valence electrons. The van der Waals surface area contributed by atoms with Gasteiger partial charge in [0.1, 0.15) is 23.6 Å². The van der Waals surface area contributed by atoms with Crippen LogP contribution in [0.2, 0.25) is 0 Å². The van der Waals surface area contributed by atoms with Crippen LogP contribution in [0.5, 0.6) is 0 Å². The zero-order valence-corrected chi connectivity index (χ0v) is 21.5. The Labute approximate surface area is 213 Å². The van der Waals surface area contributed by atoms with Gasteiger partial charge in [0.2, 0.25) is 5.91 Å². The first kappa shape index (κ1) is 24.3. The summed E-state index contributed by atoms with van der Waals surface area (Å²) in [4.78, 5) is 37.9. The Bertz CT molecular complexity index is 1310. The highest BCUT2D eigenvalue weighted by atomic mass is 32.1. The number of likely N-dealkylation sites (tertiary alicyclic amines) is 1. The number of β-amino-alcohol motifs (C(OH)–C–C–N with tert-alkyl or cyclic N) is 1. The van der Waals surface area contributed by atoms with Crippen molar-refractivity contribution in [3.63, 3.8) is 0 Å². The number of aliphatic imine (C=N–C) groups is 1. The lowest BCUT2D eigenvalue weighted by atomic mass is 9.91. The number of hydrogen-bond donors (Lipinski definition) is 2. The van der Waals surface area contributed by atoms with Crippen molar-refractivity contribution in [2.75, 3.05) is 6.54 Å². The zero-order chi connectivity index (χ0) is 25.6. The molecule has 2 aliphatic heterocycles. The second-order valence-electron chi connectivity index (χ2n) is 9.79. The van der Waals surface area contributed by atoms with Crippen LogP contribution in [0, 0.1) is 19.8 Å². The van der Waals surface area contributed by atoms with E-state index in [4.69, 9.17) is 4.52 Å². The van der Waals surface area contributed by atoms with E-state index in [-0.39, 0.29) is 24.3 Å². The lowest BCUT2D eigenvalue weighted by Gasteiger charge is -2.29. The second-order valence-corrected chi connectivity index (χ2v) is 10.6. The minimum atomic E-state index is -0.705. The number of amides is 2. The highest BCUT2D eigenvalue weighted by Crippen LogP contribution is 2.33. The number of amidine groups is 1. The van der Waals surface area contributed by atoms with Crippen LogP contribution < -0.4 is 5.32 Å². The molecule has 2 aliphatic rings. The number of benzene rings is 1. The Morgan fingerprint density at radius 3 is 2.61 bits per heavy atom. The number of aliphatic hydroxyl groups is 1. The minimum Gasteiger partial charge on any atom is -0.391 e. The Kier molecular flexibility index (Phi) is 6.48. The van der Waals surface area contributed by atoms with Gasteiger partial charge in [-0.05, 0) is 30.9 Å². The topological polar surface area (TPSA) is 121 Å². The second kappa shape index (κ2) is 9.59. The first-order valence-electron chi connectivity index (χ1n) is 12.0. The van der Waals surface area contributed by atoms with Gasteiger partial charge in [-0.3, -0.25) is 9.59 Å². The van der Waals surface area contributed by atoms with E-state index < -0.39 is 24.1 Å². The Morgan fingerprint density at radius 1 is 1.25 bits per heavy atom. The van der Waals surface area contributed by atoms with E-state index in [9.17, 15) is 14.7 Å². The first-order chi connectivity index (χ1) is 17.2. The van der Waals surface area contributed by atoms with Crippen molar-refractivity contribution in [1.29, 1.82) is 0 Å². The maximum atomic E-state index is 13.7. The quantitative estimate of drug-likeness (QED) is 0.525. The van der Waals surface area contributed by atoms with Gasteiger partial charge in [-0.15, -0.1) is 11.3 Å². The fourth-order valence-corrected chi connectivity index (χ4v) is 5.80. The average Bonchev–Trinajstić information content (AvgIpc) is 3.62. The van der Waals surface area contributed by atoms with Crippen LogP contribution in [-0.4, -0.2) is 56.5 Å². The summed E-state index contributed by atoms with van der Waals surface area (Å²) < 4.78 is 5.43. The Hall–Kier alpha value is -3.37. The molecule has 0 aliphatic carbocycles. The number of hydrogen-bond acceptors (Lipinski definition) is 8. The minimum absolute atomic E-state index is 0.0446. The van der Waals surface area contributed by atoms with E-state index in [1.807, 2.05) is 57.5 Å². The molecule has 4 heterocycles. The SMILES string of the molecule is Cc1cc(C(C(=O)N2C[C@H](O)C[C@H]2C2=NC(=O)C(c3ccc(-c4scnc4C)cc3)N2)C(C)C)on1. The third kappa shape index (κ3) is 4.46. The van der Waals surface area contributed by atoms with E-state index in [1.54, 1.807) is 22.3 Å². The van der Waals surface area contributed by atoms with Crippen molar-refractivity contribution in [1.82, 2.24) is 20.4 Å². The summed E-state index contributed by atoms with van der Waals surface area (Å²) in [6.45, 7) is 7.85. The van der Waals surface area contributed by atoms with Crippen LogP contribution >= 0.6 is 11.3 Å². The first-order valence-corrected chi connectivity index (χ1v) is 12.9. The summed E-state index contributed by atoms with van der Waals surface area (Å²) in [6.07, 6.45) is -0.398. The summed E-state index contributed by atoms with van der Waals surface area (Å²) >= 11 is 1.58. The van der Waals surface area contributed by atoms with Gasteiger partial charge in [-0.1, -0.05) is 43.3 Å². The Morgan fingerprint density at radius 2 is 2.00 bits per heavy atom. The van der Waals surface area contributed by atoms with Crippen molar-refractivity contribution in [3.8, 4) is 10.4 Å². The predicted octanol–water partition coefficient (Wildman–Crippen LogP) is 3.39. The number of nitrogens with one attached hydrogen (secondary N) is 1. The van der Waals surface area contributed by atoms with E-state index in [2.05, 4.69) is 20.4 Å². The summed E-state index contributed by atoms with van der Waals surface area (Å²) in [5, 5.41) is 17.6. The molecule has 0 radical (unpaired) electrons. The highest BCUT2D eigenvalue weighted by Gasteiger charge is 2.44. The predicted molar refractivity (Wildman–Crippen MR) is 136 cm³/mol. The molecule has 9 nitrogen and oxygen atoms in total. The maximum Gasteiger partial charge on any atom is 0.274 e. The molecule has 1 fully saturated rings. The summed E-state index contributed by atoms with van der Waals surface area (Å²) in [6, 6.07) is 8.39. The summed E-state index contributed by atoms with van der Waals surface area (Å²) in [5.74, 6) is -0.168. The third-order valence-corrected chi connectivity index (χ3v) is 7.76. The molecule has 1 aromatic carbocycles. The molecular formula is C26H29N5O4S. The van der Waals surface area contributed by atoms with Crippen LogP contribution in [-0.2, 0) is 9.59 Å². The highest BCUT2D eigenvalue weighted by molar-refractivity contribution is 7.13. The van der Waals surface area contributed by atoms with E-state index in [0.717, 1.165) is 21.7 Å². The fourth-order valence-electron chi connectivity index (χ4n) is 4.99. The largest absolute Gasteiger partial charge is 0.391 e. The van der Waals surface area contributed by atoms with Gasteiger partial charge in [0.05, 0.1) is 33.9 Å². The van der Waals surface area contributed by atoms with Gasteiger partial charge < -0.3 is 19.8 Å². The monoisotopic (exact) mass is 507 g/mol. The lowest BCUT2D eigenvalue weighted by molar-refractivity contribution is -0.134. The molecule has 5 rings (SSSR count). The molecule has 2 amide bonds. The molecule has 36 heavy (non-hydrogen) atoms. The molecule has 0 saturated carbocycles. The van der Waals surface area contributed by atoms with Crippen molar-refractivity contribution in [3.05, 3.63) is 58.6 Å². The normalized spacial score (nSPS) is 22.7. The molecule has 2 unspecified atom stereocenters. The van der Waals surface area contributed by atoms with Gasteiger partial charge in [0, 0.05) is 19.0 Å². The van der Waals surface area contributed by atoms with Crippen LogP contribution in [0.25, 0.3) is 10.4 Å². The van der Waals surface area contributed by atoms with Gasteiger partial charge in [0.25, 0.3) is 5.91 Å². The number of carbonyl (C=O) groups excluding carboxylic acids is 2. The number of rotatable bonds is 6. The molecule has 0 bridgehead atoms. The van der Waals surface area contributed by atoms with Crippen molar-refractivity contribution < 1.29 is 19.2 Å². The third-order valence-electron chi connectivity index (χ3n) is 6.78. The van der Waals surface area contributed by atoms with Crippen molar-refractivity contribution in [2.24, 2.45) is 10.9 Å². The summed E-state index contributed by atoms with van der Waals surface area (Å²) in [7, 11) is 0. The molecule has 4 atom stereocenters. The number of thiazole rings is 1. The molecule has 3 aromatic rings. The smallest absolute Gasteiger partial charge is 0.274 e. The van der Waals surface area contributed by atoms with Crippen LogP contribution in [0.4, 0.5) is 0 Å². The standard InChI is InChI=1S/C26H29N5O4S/c1-13(2)21(20-9-14(3)30-35-20)26(34)31-11-18(32)10-19(31)24-28-22(25(33)29-24)16-5-7-17(8-6-16)23-15(4)27-12-36-23/h5-9,12-13,18-19,21-22,32H,10-11H2,1-4H3,(H,28,29,33)/t18-,19+,21?,22?/m1/s1. The van der Waals surface area contributed by atoms with Crippen LogP contribution in [0.1, 0.15) is 54.9 Å². The molecule has 2 N–H and O–H groups in total. The number of nitrogens with zero attached hydrogens (tertiary/aromatic N) is 4. The lowest BCUT2D eigenvalue weighted by Crippen LogP contribution is -2.47. The van der Waals surface area contributed by atoms with Crippen LogP contribution in [0.15, 0.2) is 45.4 Å². The van der Waals surface area contributed by atoms with Gasteiger partial charge in [-0.2, -0.15) is 4.99 Å². The van der Waals surface area contributed by atoms with Gasteiger partial charge in [0.15, 0.2) is 0 Å². The number of aliphatic hydroxyl groups excluding tert-OH is 1. The number of carbonyl (C=O) groups is 2. The molecular weight excluding hydrogens is 478 g/mol. The van der Waals surface area contributed by atoms with Gasteiger partial charge in [-0.25, -0.2) is 4.98 Å². The molecule has 2 aromatic heterocycles. The van der Waals surface area contributed by atoms with E-state index in [0.29, 0.717) is 23.7 Å². The van der Waals surface area contributed by atoms with Crippen LogP contribution in [0.3, 0.4) is 0 Å². The zero-order valence-electron chi connectivity index (χ0n) is 20.6. The van der Waals surface area contributed by atoms with Crippen molar-refractivity contribution >= 4 is 29.0 Å². The maximum absolute atomic E-state index is 13.7. The molecule has 10 heteroatoms.